The molecule has 2 aliphatic rings. The van der Waals surface area contributed by atoms with E-state index in [0.29, 0.717) is 0 Å². The van der Waals surface area contributed by atoms with Crippen molar-refractivity contribution in [2.75, 3.05) is 34.9 Å². The number of hydrogen-bond donors (Lipinski definition) is 2. The zero-order valence-electron chi connectivity index (χ0n) is 12.3. The van der Waals surface area contributed by atoms with Crippen molar-refractivity contribution in [2.45, 2.75) is 31.7 Å². The van der Waals surface area contributed by atoms with Crippen LogP contribution in [0.15, 0.2) is 24.3 Å². The van der Waals surface area contributed by atoms with E-state index in [0.717, 1.165) is 30.4 Å². The van der Waals surface area contributed by atoms with Crippen molar-refractivity contribution >= 4 is 29.0 Å². The Morgan fingerprint density at radius 3 is 2.76 bits per heavy atom. The summed E-state index contributed by atoms with van der Waals surface area (Å²) in [5, 5.41) is 6.24. The SMILES string of the molecule is O=C(Nc1cccc(N2CCCCCC2)c1)C1CSCN1. The molecular formula is C16H23N3OS. The highest BCUT2D eigenvalue weighted by atomic mass is 32.2. The Morgan fingerprint density at radius 1 is 1.24 bits per heavy atom. The Balaban J connectivity index is 1.65. The third-order valence-corrected chi connectivity index (χ3v) is 5.06. The fourth-order valence-corrected chi connectivity index (χ4v) is 3.84. The van der Waals surface area contributed by atoms with Gasteiger partial charge in [-0.25, -0.2) is 0 Å². The fraction of sp³-hybridized carbons (Fsp3) is 0.562. The zero-order valence-corrected chi connectivity index (χ0v) is 13.1. The molecule has 3 rings (SSSR count). The van der Waals surface area contributed by atoms with E-state index in [9.17, 15) is 4.79 Å². The van der Waals surface area contributed by atoms with Gasteiger partial charge < -0.3 is 10.2 Å². The molecule has 0 radical (unpaired) electrons. The molecule has 1 atom stereocenters. The lowest BCUT2D eigenvalue weighted by molar-refractivity contribution is -0.117. The maximum atomic E-state index is 12.2. The van der Waals surface area contributed by atoms with Crippen molar-refractivity contribution in [1.29, 1.82) is 0 Å². The summed E-state index contributed by atoms with van der Waals surface area (Å²) >= 11 is 1.77. The van der Waals surface area contributed by atoms with Gasteiger partial charge in [0.1, 0.15) is 0 Å². The van der Waals surface area contributed by atoms with Gasteiger partial charge in [0, 0.05) is 36.1 Å². The van der Waals surface area contributed by atoms with Crippen LogP contribution in [-0.2, 0) is 4.79 Å². The minimum Gasteiger partial charge on any atom is -0.371 e. The smallest absolute Gasteiger partial charge is 0.242 e. The van der Waals surface area contributed by atoms with Gasteiger partial charge >= 0.3 is 0 Å². The Labute approximate surface area is 130 Å². The predicted molar refractivity (Wildman–Crippen MR) is 90.0 cm³/mol. The Hall–Kier alpha value is -1.20. The number of benzene rings is 1. The Kier molecular flexibility index (Phi) is 5.04. The van der Waals surface area contributed by atoms with Gasteiger partial charge in [0.25, 0.3) is 0 Å². The van der Waals surface area contributed by atoms with Crippen molar-refractivity contribution in [1.82, 2.24) is 5.32 Å². The third-order valence-electron chi connectivity index (χ3n) is 4.12. The summed E-state index contributed by atoms with van der Waals surface area (Å²) in [6, 6.07) is 8.20. The van der Waals surface area contributed by atoms with Crippen LogP contribution in [0.3, 0.4) is 0 Å². The molecule has 1 aromatic carbocycles. The molecule has 2 fully saturated rings. The largest absolute Gasteiger partial charge is 0.371 e. The standard InChI is InChI=1S/C16H23N3OS/c20-16(15-11-21-12-17-15)18-13-6-5-7-14(10-13)19-8-3-1-2-4-9-19/h5-7,10,15,17H,1-4,8-9,11-12H2,(H,18,20). The first-order chi connectivity index (χ1) is 10.3. The minimum atomic E-state index is -0.0585. The average Bonchev–Trinajstić information content (AvgIpc) is 2.90. The summed E-state index contributed by atoms with van der Waals surface area (Å²) in [6.07, 6.45) is 5.19. The molecule has 2 N–H and O–H groups in total. The quantitative estimate of drug-likeness (QED) is 0.901. The number of anilines is 2. The van der Waals surface area contributed by atoms with Crippen LogP contribution in [0.1, 0.15) is 25.7 Å². The topological polar surface area (TPSA) is 44.4 Å². The van der Waals surface area contributed by atoms with Crippen LogP contribution in [0.2, 0.25) is 0 Å². The number of nitrogens with one attached hydrogen (secondary N) is 2. The van der Waals surface area contributed by atoms with Crippen molar-refractivity contribution < 1.29 is 4.79 Å². The number of carbonyl (C=O) groups is 1. The molecule has 21 heavy (non-hydrogen) atoms. The summed E-state index contributed by atoms with van der Waals surface area (Å²) in [6.45, 7) is 2.25. The van der Waals surface area contributed by atoms with Crippen LogP contribution in [0.5, 0.6) is 0 Å². The second-order valence-electron chi connectivity index (χ2n) is 5.71. The van der Waals surface area contributed by atoms with Crippen LogP contribution in [0, 0.1) is 0 Å². The van der Waals surface area contributed by atoms with E-state index in [-0.39, 0.29) is 11.9 Å². The van der Waals surface area contributed by atoms with Crippen LogP contribution in [-0.4, -0.2) is 36.7 Å². The summed E-state index contributed by atoms with van der Waals surface area (Å²) in [4.78, 5) is 14.6. The molecular weight excluding hydrogens is 282 g/mol. The highest BCUT2D eigenvalue weighted by Gasteiger charge is 2.22. The Morgan fingerprint density at radius 2 is 2.05 bits per heavy atom. The third kappa shape index (κ3) is 3.92. The van der Waals surface area contributed by atoms with Gasteiger partial charge in [-0.05, 0) is 31.0 Å². The van der Waals surface area contributed by atoms with Crippen LogP contribution in [0.25, 0.3) is 0 Å². The predicted octanol–water partition coefficient (Wildman–Crippen LogP) is 2.67. The molecule has 0 spiro atoms. The average molecular weight is 305 g/mol. The van der Waals surface area contributed by atoms with Gasteiger partial charge in [-0.15, -0.1) is 11.8 Å². The van der Waals surface area contributed by atoms with E-state index in [2.05, 4.69) is 27.7 Å². The van der Waals surface area contributed by atoms with E-state index >= 15 is 0 Å². The van der Waals surface area contributed by atoms with Gasteiger partial charge in [-0.1, -0.05) is 18.9 Å². The molecule has 1 unspecified atom stereocenters. The first-order valence-electron chi connectivity index (χ1n) is 7.80. The van der Waals surface area contributed by atoms with E-state index < -0.39 is 0 Å². The molecule has 1 aromatic rings. The van der Waals surface area contributed by atoms with Gasteiger partial charge in [-0.3, -0.25) is 10.1 Å². The molecule has 0 bridgehead atoms. The number of carbonyl (C=O) groups excluding carboxylic acids is 1. The van der Waals surface area contributed by atoms with Crippen LogP contribution in [0.4, 0.5) is 11.4 Å². The lowest BCUT2D eigenvalue weighted by atomic mass is 10.2. The van der Waals surface area contributed by atoms with Crippen molar-refractivity contribution in [2.24, 2.45) is 0 Å². The van der Waals surface area contributed by atoms with Crippen molar-refractivity contribution in [3.8, 4) is 0 Å². The number of thioether (sulfide) groups is 1. The van der Waals surface area contributed by atoms with Gasteiger partial charge in [0.05, 0.1) is 6.04 Å². The highest BCUT2D eigenvalue weighted by Crippen LogP contribution is 2.23. The molecule has 2 aliphatic heterocycles. The number of rotatable bonds is 3. The maximum absolute atomic E-state index is 12.2. The van der Waals surface area contributed by atoms with E-state index in [1.54, 1.807) is 11.8 Å². The number of nitrogens with zero attached hydrogens (tertiary/aromatic N) is 1. The van der Waals surface area contributed by atoms with E-state index in [1.807, 2.05) is 12.1 Å². The first kappa shape index (κ1) is 14.7. The monoisotopic (exact) mass is 305 g/mol. The molecule has 2 heterocycles. The molecule has 5 heteroatoms. The van der Waals surface area contributed by atoms with E-state index in [4.69, 9.17) is 0 Å². The molecule has 0 saturated carbocycles. The van der Waals surface area contributed by atoms with Crippen molar-refractivity contribution in [3.05, 3.63) is 24.3 Å². The molecule has 0 aromatic heterocycles. The van der Waals surface area contributed by atoms with Crippen molar-refractivity contribution in [3.63, 3.8) is 0 Å². The summed E-state index contributed by atoms with van der Waals surface area (Å²) in [7, 11) is 0. The van der Waals surface area contributed by atoms with Gasteiger partial charge in [0.15, 0.2) is 0 Å². The van der Waals surface area contributed by atoms with E-state index in [1.165, 1.54) is 31.4 Å². The molecule has 1 amide bonds. The number of amides is 1. The van der Waals surface area contributed by atoms with Crippen LogP contribution < -0.4 is 15.5 Å². The maximum Gasteiger partial charge on any atom is 0.242 e. The summed E-state index contributed by atoms with van der Waals surface area (Å²) < 4.78 is 0. The normalized spacial score (nSPS) is 22.9. The molecule has 4 nitrogen and oxygen atoms in total. The second kappa shape index (κ2) is 7.18. The lowest BCUT2D eigenvalue weighted by Gasteiger charge is -2.23. The van der Waals surface area contributed by atoms with Crippen LogP contribution >= 0.6 is 11.8 Å². The summed E-state index contributed by atoms with van der Waals surface area (Å²) in [5.41, 5.74) is 2.13. The van der Waals surface area contributed by atoms with Gasteiger partial charge in [0.2, 0.25) is 5.91 Å². The molecule has 114 valence electrons. The minimum absolute atomic E-state index is 0.0585. The lowest BCUT2D eigenvalue weighted by Crippen LogP contribution is -2.37. The zero-order chi connectivity index (χ0) is 14.5. The highest BCUT2D eigenvalue weighted by molar-refractivity contribution is 7.99. The fourth-order valence-electron chi connectivity index (χ4n) is 2.90. The summed E-state index contributed by atoms with van der Waals surface area (Å²) in [5.74, 6) is 1.80. The molecule has 0 aliphatic carbocycles. The number of hydrogen-bond acceptors (Lipinski definition) is 4. The second-order valence-corrected chi connectivity index (χ2v) is 6.74. The van der Waals surface area contributed by atoms with Gasteiger partial charge in [-0.2, -0.15) is 0 Å². The Bertz CT molecular complexity index is 480. The first-order valence-corrected chi connectivity index (χ1v) is 8.95. The molecule has 2 saturated heterocycles.